The number of aliphatic imine (C=N–C) groups is 1. The molecule has 4 rings (SSSR count). The first-order chi connectivity index (χ1) is 12.0. The number of nitrogens with zero attached hydrogens (tertiary/aromatic N) is 3. The number of rotatable bonds is 1. The highest BCUT2D eigenvalue weighted by Crippen LogP contribution is 2.39. The van der Waals surface area contributed by atoms with E-state index in [4.69, 9.17) is 0 Å². The molecule has 1 aliphatic heterocycles. The second kappa shape index (κ2) is 5.77. The third kappa shape index (κ3) is 2.67. The van der Waals surface area contributed by atoms with Crippen molar-refractivity contribution in [2.45, 2.75) is 19.3 Å². The van der Waals surface area contributed by atoms with Gasteiger partial charge in [0.2, 0.25) is 0 Å². The number of amides is 2. The van der Waals surface area contributed by atoms with Gasteiger partial charge < -0.3 is 5.32 Å². The molecule has 1 aromatic heterocycles. The van der Waals surface area contributed by atoms with Gasteiger partial charge in [-0.1, -0.05) is 6.08 Å². The van der Waals surface area contributed by atoms with Crippen LogP contribution in [0.25, 0.3) is 0 Å². The van der Waals surface area contributed by atoms with Crippen molar-refractivity contribution in [3.63, 3.8) is 0 Å². The van der Waals surface area contributed by atoms with Crippen molar-refractivity contribution in [1.29, 1.82) is 0 Å². The van der Waals surface area contributed by atoms with Crippen molar-refractivity contribution in [1.82, 2.24) is 15.1 Å². The van der Waals surface area contributed by atoms with Crippen molar-refractivity contribution < 1.29 is 9.59 Å². The van der Waals surface area contributed by atoms with E-state index in [9.17, 15) is 14.4 Å². The minimum atomic E-state index is -0.534. The minimum absolute atomic E-state index is 0.0456. The van der Waals surface area contributed by atoms with Gasteiger partial charge in [-0.25, -0.2) is 9.67 Å². The van der Waals surface area contributed by atoms with E-state index >= 15 is 0 Å². The Balaban J connectivity index is 1.63. The first kappa shape index (κ1) is 15.4. The molecule has 0 bridgehead atoms. The Bertz CT molecular complexity index is 978. The molecule has 0 saturated heterocycles. The number of aromatic nitrogens is 2. The number of carbonyl (C=O) groups excluding carboxylic acids is 2. The Morgan fingerprint density at radius 2 is 2.16 bits per heavy atom. The zero-order valence-electron chi connectivity index (χ0n) is 13.7. The van der Waals surface area contributed by atoms with Gasteiger partial charge in [0.25, 0.3) is 17.4 Å². The summed E-state index contributed by atoms with van der Waals surface area (Å²) >= 11 is 0. The molecule has 0 saturated carbocycles. The van der Waals surface area contributed by atoms with E-state index in [0.29, 0.717) is 5.71 Å². The molecule has 25 heavy (non-hydrogen) atoms. The fraction of sp³-hybridized carbons (Fsp3) is 0.278. The van der Waals surface area contributed by atoms with Gasteiger partial charge in [0.15, 0.2) is 5.69 Å². The number of nitrogens with one attached hydrogen (secondary N) is 1. The Hall–Kier alpha value is -3.09. The smallest absolute Gasteiger partial charge is 0.297 e. The summed E-state index contributed by atoms with van der Waals surface area (Å²) in [5.41, 5.74) is 3.09. The molecule has 2 amide bonds. The van der Waals surface area contributed by atoms with Crippen LogP contribution in [0.1, 0.15) is 29.8 Å². The van der Waals surface area contributed by atoms with Crippen molar-refractivity contribution in [3.05, 3.63) is 63.3 Å². The van der Waals surface area contributed by atoms with Crippen molar-refractivity contribution >= 4 is 17.5 Å². The Morgan fingerprint density at radius 3 is 2.96 bits per heavy atom. The summed E-state index contributed by atoms with van der Waals surface area (Å²) < 4.78 is 1.09. The average Bonchev–Trinajstić information content (AvgIpc) is 3.07. The van der Waals surface area contributed by atoms with Crippen LogP contribution in [0, 0.1) is 5.92 Å². The lowest BCUT2D eigenvalue weighted by Crippen LogP contribution is -2.35. The summed E-state index contributed by atoms with van der Waals surface area (Å²) in [6.07, 6.45) is 8.25. The number of hydrogen-bond donors (Lipinski definition) is 1. The number of allylic oxidation sites excluding steroid dienone is 3. The predicted molar refractivity (Wildman–Crippen MR) is 91.0 cm³/mol. The molecule has 0 aromatic carbocycles. The lowest BCUT2D eigenvalue weighted by Gasteiger charge is -2.28. The van der Waals surface area contributed by atoms with Gasteiger partial charge in [-0.15, -0.1) is 0 Å². The van der Waals surface area contributed by atoms with Crippen molar-refractivity contribution in [2.24, 2.45) is 18.0 Å². The van der Waals surface area contributed by atoms with E-state index < -0.39 is 5.91 Å². The van der Waals surface area contributed by atoms with Gasteiger partial charge in [0, 0.05) is 30.3 Å². The molecule has 7 heteroatoms. The van der Waals surface area contributed by atoms with Gasteiger partial charge in [0.1, 0.15) is 0 Å². The number of hydrogen-bond acceptors (Lipinski definition) is 4. The highest BCUT2D eigenvalue weighted by Gasteiger charge is 2.34. The van der Waals surface area contributed by atoms with Gasteiger partial charge in [0.05, 0.1) is 5.71 Å². The fourth-order valence-corrected chi connectivity index (χ4v) is 3.45. The molecular weight excluding hydrogens is 320 g/mol. The summed E-state index contributed by atoms with van der Waals surface area (Å²) in [6.45, 7) is 0. The SMILES string of the molecule is Cn1nc(C(=O)N=C2C=CC3C(=C2)NC(=O)C2=C3CCC2)ccc1=O. The molecule has 1 N–H and O–H groups in total. The lowest BCUT2D eigenvalue weighted by molar-refractivity contribution is -0.117. The summed E-state index contributed by atoms with van der Waals surface area (Å²) in [7, 11) is 1.48. The molecule has 7 nitrogen and oxygen atoms in total. The maximum atomic E-state index is 12.3. The topological polar surface area (TPSA) is 93.4 Å². The van der Waals surface area contributed by atoms with Crippen LogP contribution in [-0.4, -0.2) is 27.3 Å². The number of fused-ring (bicyclic) bond motifs is 2. The lowest BCUT2D eigenvalue weighted by atomic mass is 9.85. The van der Waals surface area contributed by atoms with Crippen LogP contribution in [0.4, 0.5) is 0 Å². The largest absolute Gasteiger partial charge is 0.325 e. The minimum Gasteiger partial charge on any atom is -0.325 e. The Morgan fingerprint density at radius 1 is 1.32 bits per heavy atom. The van der Waals surface area contributed by atoms with Crippen molar-refractivity contribution in [3.8, 4) is 0 Å². The zero-order valence-corrected chi connectivity index (χ0v) is 13.7. The number of carbonyl (C=O) groups is 2. The fourth-order valence-electron chi connectivity index (χ4n) is 3.45. The van der Waals surface area contributed by atoms with Crippen LogP contribution in [0.2, 0.25) is 0 Å². The molecule has 0 radical (unpaired) electrons. The van der Waals surface area contributed by atoms with Gasteiger partial charge >= 0.3 is 0 Å². The first-order valence-electron chi connectivity index (χ1n) is 8.13. The maximum absolute atomic E-state index is 12.3. The molecule has 1 atom stereocenters. The van der Waals surface area contributed by atoms with Crippen molar-refractivity contribution in [2.75, 3.05) is 0 Å². The van der Waals surface area contributed by atoms with Crippen LogP contribution < -0.4 is 10.9 Å². The normalized spacial score (nSPS) is 23.2. The van der Waals surface area contributed by atoms with Gasteiger partial charge in [-0.05, 0) is 43.1 Å². The molecule has 1 aromatic rings. The molecule has 2 heterocycles. The van der Waals surface area contributed by atoms with E-state index in [-0.39, 0.29) is 23.1 Å². The average molecular weight is 336 g/mol. The monoisotopic (exact) mass is 336 g/mol. The van der Waals surface area contributed by atoms with Crippen LogP contribution >= 0.6 is 0 Å². The third-order valence-electron chi connectivity index (χ3n) is 4.68. The number of aryl methyl sites for hydroxylation is 1. The Kier molecular flexibility index (Phi) is 3.56. The van der Waals surface area contributed by atoms with E-state index in [2.05, 4.69) is 15.4 Å². The molecule has 1 unspecified atom stereocenters. The van der Waals surface area contributed by atoms with E-state index in [1.165, 1.54) is 24.8 Å². The van der Waals surface area contributed by atoms with Crippen LogP contribution in [0.15, 0.2) is 57.0 Å². The molecule has 3 aliphatic rings. The second-order valence-electron chi connectivity index (χ2n) is 6.27. The van der Waals surface area contributed by atoms with Crippen LogP contribution in [0.5, 0.6) is 0 Å². The van der Waals surface area contributed by atoms with Gasteiger partial charge in [-0.2, -0.15) is 5.10 Å². The molecular formula is C18H16N4O3. The summed E-state index contributed by atoms with van der Waals surface area (Å²) in [5.74, 6) is -0.510. The highest BCUT2D eigenvalue weighted by atomic mass is 16.2. The van der Waals surface area contributed by atoms with Gasteiger partial charge in [-0.3, -0.25) is 14.4 Å². The maximum Gasteiger partial charge on any atom is 0.297 e. The van der Waals surface area contributed by atoms with Crippen LogP contribution in [-0.2, 0) is 11.8 Å². The summed E-state index contributed by atoms with van der Waals surface area (Å²) in [5, 5.41) is 6.81. The second-order valence-corrected chi connectivity index (χ2v) is 6.27. The zero-order chi connectivity index (χ0) is 17.6. The summed E-state index contributed by atoms with van der Waals surface area (Å²) in [6, 6.07) is 2.64. The third-order valence-corrected chi connectivity index (χ3v) is 4.68. The predicted octanol–water partition coefficient (Wildman–Crippen LogP) is 1.04. The van der Waals surface area contributed by atoms with E-state index in [1.54, 1.807) is 12.2 Å². The standard InChI is InChI=1S/C18H16N4O3/c1-22-16(23)8-7-14(21-22)18(25)19-10-5-6-12-11-3-2-4-13(11)17(24)20-15(12)9-10/h5-9,12H,2-4H2,1H3,(H,20,24). The highest BCUT2D eigenvalue weighted by molar-refractivity contribution is 6.14. The molecule has 0 spiro atoms. The van der Waals surface area contributed by atoms with E-state index in [0.717, 1.165) is 35.2 Å². The molecule has 2 aliphatic carbocycles. The van der Waals surface area contributed by atoms with E-state index in [1.807, 2.05) is 6.08 Å². The first-order valence-corrected chi connectivity index (χ1v) is 8.13. The molecule has 0 fully saturated rings. The quantitative estimate of drug-likeness (QED) is 0.829. The molecule has 126 valence electrons. The Labute approximate surface area is 143 Å². The summed E-state index contributed by atoms with van der Waals surface area (Å²) in [4.78, 5) is 39.8. The van der Waals surface area contributed by atoms with Crippen LogP contribution in [0.3, 0.4) is 0 Å².